The summed E-state index contributed by atoms with van der Waals surface area (Å²) in [6, 6.07) is 26.0. The van der Waals surface area contributed by atoms with E-state index in [1.54, 1.807) is 0 Å². The van der Waals surface area contributed by atoms with E-state index in [2.05, 4.69) is 119 Å². The van der Waals surface area contributed by atoms with Gasteiger partial charge in [0.1, 0.15) is 17.2 Å². The molecule has 0 fully saturated rings. The van der Waals surface area contributed by atoms with Crippen LogP contribution in [0.3, 0.4) is 0 Å². The predicted molar refractivity (Wildman–Crippen MR) is 197 cm³/mol. The Balaban J connectivity index is 1.35. The van der Waals surface area contributed by atoms with Gasteiger partial charge in [0.15, 0.2) is 5.60 Å². The van der Waals surface area contributed by atoms with E-state index >= 15 is 0 Å². The minimum Gasteiger partial charge on any atom is -0.494 e. The van der Waals surface area contributed by atoms with Gasteiger partial charge < -0.3 is 14.2 Å². The lowest BCUT2D eigenvalue weighted by Crippen LogP contribution is -2.36. The molecule has 0 saturated heterocycles. The maximum atomic E-state index is 7.23. The average molecular weight is 747 g/mol. The average Bonchev–Trinajstić information content (AvgIpc) is 3.32. The Morgan fingerprint density at radius 1 is 0.500 bits per heavy atom. The number of hydrogen-bond acceptors (Lipinski definition) is 3. The molecule has 6 rings (SSSR count). The molecule has 4 aromatic carbocycles. The van der Waals surface area contributed by atoms with Crippen LogP contribution in [0.5, 0.6) is 17.2 Å². The lowest BCUT2D eigenvalue weighted by Gasteiger charge is -2.39. The molecule has 0 N–H and O–H groups in total. The van der Waals surface area contributed by atoms with Crippen LogP contribution in [0.4, 0.5) is 0 Å². The first-order valence-electron chi connectivity index (χ1n) is 17.4. The third-order valence-electron chi connectivity index (χ3n) is 9.42. The standard InChI is InChI=1S/C41H46Br2O3/c1-3-5-7-9-11-13-23-44-31-17-21-37-35(27-31)36-28-32(45-24-14-12-10-8-6-4-2)18-22-38(36)41(37)39-25-29(42)15-19-33(39)34-20-16-30(43)26-40(34)46-41/h15-22,25-28H,3-14,23-24H2,1-2H3. The van der Waals surface area contributed by atoms with Gasteiger partial charge in [0.05, 0.1) is 13.2 Å². The van der Waals surface area contributed by atoms with E-state index in [4.69, 9.17) is 14.2 Å². The molecule has 0 bridgehead atoms. The van der Waals surface area contributed by atoms with Crippen LogP contribution in [-0.4, -0.2) is 13.2 Å². The first-order valence-corrected chi connectivity index (χ1v) is 19.0. The quantitative estimate of drug-likeness (QED) is 0.107. The van der Waals surface area contributed by atoms with Gasteiger partial charge >= 0.3 is 0 Å². The summed E-state index contributed by atoms with van der Waals surface area (Å²) in [6.45, 7) is 5.99. The lowest BCUT2D eigenvalue weighted by molar-refractivity contribution is 0.156. The molecule has 4 aromatic rings. The molecular weight excluding hydrogens is 700 g/mol. The molecule has 0 unspecified atom stereocenters. The van der Waals surface area contributed by atoms with Gasteiger partial charge in [0, 0.05) is 31.2 Å². The zero-order chi connectivity index (χ0) is 31.9. The summed E-state index contributed by atoms with van der Waals surface area (Å²) in [5.41, 5.74) is 7.17. The van der Waals surface area contributed by atoms with Crippen LogP contribution < -0.4 is 14.2 Å². The molecule has 1 heterocycles. The van der Waals surface area contributed by atoms with E-state index in [-0.39, 0.29) is 0 Å². The molecule has 3 nitrogen and oxygen atoms in total. The van der Waals surface area contributed by atoms with Crippen molar-refractivity contribution in [1.29, 1.82) is 0 Å². The van der Waals surface area contributed by atoms with Gasteiger partial charge in [-0.25, -0.2) is 0 Å². The largest absolute Gasteiger partial charge is 0.494 e. The third kappa shape index (κ3) is 6.92. The van der Waals surface area contributed by atoms with Crippen LogP contribution in [0.2, 0.25) is 0 Å². The second-order valence-electron chi connectivity index (χ2n) is 12.8. The lowest BCUT2D eigenvalue weighted by atomic mass is 9.78. The van der Waals surface area contributed by atoms with E-state index in [1.165, 1.54) is 69.8 Å². The maximum absolute atomic E-state index is 7.23. The topological polar surface area (TPSA) is 27.7 Å². The normalized spacial score (nSPS) is 13.5. The monoisotopic (exact) mass is 744 g/mol. The summed E-state index contributed by atoms with van der Waals surface area (Å²) in [4.78, 5) is 0. The van der Waals surface area contributed by atoms with Crippen molar-refractivity contribution in [2.24, 2.45) is 0 Å². The number of unbranched alkanes of at least 4 members (excludes halogenated alkanes) is 10. The highest BCUT2D eigenvalue weighted by atomic mass is 79.9. The SMILES string of the molecule is CCCCCCCCOc1ccc2c(c1)-c1cc(OCCCCCCCC)ccc1C21Oc2cc(Br)ccc2-c2ccc(Br)cc21. The van der Waals surface area contributed by atoms with Crippen LogP contribution in [-0.2, 0) is 5.60 Å². The number of ether oxygens (including phenoxy) is 3. The summed E-state index contributed by atoms with van der Waals surface area (Å²) in [6.07, 6.45) is 15.0. The number of benzene rings is 4. The predicted octanol–water partition coefficient (Wildman–Crippen LogP) is 13.0. The number of hydrogen-bond donors (Lipinski definition) is 0. The molecular formula is C41H46Br2O3. The van der Waals surface area contributed by atoms with Crippen molar-refractivity contribution in [3.05, 3.63) is 98.4 Å². The molecule has 0 amide bonds. The van der Waals surface area contributed by atoms with Crippen molar-refractivity contribution in [3.63, 3.8) is 0 Å². The van der Waals surface area contributed by atoms with Gasteiger partial charge in [0.25, 0.3) is 0 Å². The molecule has 0 saturated carbocycles. The molecule has 0 atom stereocenters. The van der Waals surface area contributed by atoms with Gasteiger partial charge in [-0.15, -0.1) is 0 Å². The minimum absolute atomic E-state index is 0.734. The number of fused-ring (bicyclic) bond motifs is 9. The van der Waals surface area contributed by atoms with Crippen molar-refractivity contribution in [2.45, 2.75) is 96.5 Å². The van der Waals surface area contributed by atoms with Crippen molar-refractivity contribution in [3.8, 4) is 39.5 Å². The van der Waals surface area contributed by atoms with Crippen molar-refractivity contribution >= 4 is 31.9 Å². The Morgan fingerprint density at radius 3 is 1.57 bits per heavy atom. The highest BCUT2D eigenvalue weighted by molar-refractivity contribution is 9.10. The van der Waals surface area contributed by atoms with Crippen LogP contribution >= 0.6 is 31.9 Å². The molecule has 1 aliphatic heterocycles. The van der Waals surface area contributed by atoms with Crippen molar-refractivity contribution < 1.29 is 14.2 Å². The summed E-state index contributed by atoms with van der Waals surface area (Å²) in [5.74, 6) is 2.68. The summed E-state index contributed by atoms with van der Waals surface area (Å²) in [5, 5.41) is 0. The highest BCUT2D eigenvalue weighted by Crippen LogP contribution is 2.60. The van der Waals surface area contributed by atoms with Crippen LogP contribution in [0.25, 0.3) is 22.3 Å². The Kier molecular flexibility index (Phi) is 11.1. The molecule has 5 heteroatoms. The van der Waals surface area contributed by atoms with Gasteiger partial charge in [-0.05, 0) is 84.1 Å². The van der Waals surface area contributed by atoms with Crippen molar-refractivity contribution in [2.75, 3.05) is 13.2 Å². The van der Waals surface area contributed by atoms with E-state index in [0.717, 1.165) is 85.6 Å². The molecule has 2 aliphatic rings. The summed E-state index contributed by atoms with van der Waals surface area (Å²) in [7, 11) is 0. The first-order chi connectivity index (χ1) is 22.5. The molecule has 0 radical (unpaired) electrons. The third-order valence-corrected chi connectivity index (χ3v) is 10.4. The van der Waals surface area contributed by atoms with E-state index < -0.39 is 5.60 Å². The Hall–Kier alpha value is -2.76. The molecule has 1 aliphatic carbocycles. The summed E-state index contributed by atoms with van der Waals surface area (Å²) < 4.78 is 22.0. The van der Waals surface area contributed by atoms with Gasteiger partial charge in [-0.3, -0.25) is 0 Å². The van der Waals surface area contributed by atoms with Crippen LogP contribution in [0.15, 0.2) is 81.7 Å². The number of halogens is 2. The second-order valence-corrected chi connectivity index (χ2v) is 14.6. The van der Waals surface area contributed by atoms with E-state index in [1.807, 2.05) is 0 Å². The molecule has 1 spiro atoms. The van der Waals surface area contributed by atoms with Crippen molar-refractivity contribution in [1.82, 2.24) is 0 Å². The zero-order valence-electron chi connectivity index (χ0n) is 27.3. The number of rotatable bonds is 16. The van der Waals surface area contributed by atoms with Gasteiger partial charge in [-0.1, -0.05) is 128 Å². The Labute approximate surface area is 292 Å². The van der Waals surface area contributed by atoms with E-state index in [9.17, 15) is 0 Å². The Bertz CT molecular complexity index is 1580. The molecule has 46 heavy (non-hydrogen) atoms. The van der Waals surface area contributed by atoms with Gasteiger partial charge in [0.2, 0.25) is 0 Å². The fraction of sp³-hybridized carbons (Fsp3) is 0.415. The molecule has 0 aromatic heterocycles. The smallest absolute Gasteiger partial charge is 0.186 e. The fourth-order valence-electron chi connectivity index (χ4n) is 7.04. The van der Waals surface area contributed by atoms with Crippen LogP contribution in [0, 0.1) is 0 Å². The van der Waals surface area contributed by atoms with E-state index in [0.29, 0.717) is 0 Å². The molecule has 242 valence electrons. The highest BCUT2D eigenvalue weighted by Gasteiger charge is 2.51. The summed E-state index contributed by atoms with van der Waals surface area (Å²) >= 11 is 7.48. The van der Waals surface area contributed by atoms with Gasteiger partial charge in [-0.2, -0.15) is 0 Å². The Morgan fingerprint density at radius 2 is 1.00 bits per heavy atom. The van der Waals surface area contributed by atoms with Crippen LogP contribution in [0.1, 0.15) is 108 Å². The second kappa shape index (κ2) is 15.4. The zero-order valence-corrected chi connectivity index (χ0v) is 30.5. The minimum atomic E-state index is -0.798. The maximum Gasteiger partial charge on any atom is 0.186 e. The fourth-order valence-corrected chi connectivity index (χ4v) is 7.74. The first kappa shape index (κ1) is 33.2.